The van der Waals surface area contributed by atoms with E-state index in [0.29, 0.717) is 43.4 Å². The van der Waals surface area contributed by atoms with Crippen molar-refractivity contribution in [2.75, 3.05) is 31.3 Å². The average Bonchev–Trinajstić information content (AvgIpc) is 2.89. The van der Waals surface area contributed by atoms with Gasteiger partial charge in [0.1, 0.15) is 5.75 Å². The van der Waals surface area contributed by atoms with Crippen molar-refractivity contribution in [3.8, 4) is 5.75 Å². The molecule has 1 spiro atoms. The molecule has 2 aliphatic heterocycles. The molecular formula is C20H20ClNO4. The lowest BCUT2D eigenvalue weighted by atomic mass is 10.1. The summed E-state index contributed by atoms with van der Waals surface area (Å²) >= 11 is 6.15. The molecule has 5 nitrogen and oxygen atoms in total. The molecule has 1 fully saturated rings. The van der Waals surface area contributed by atoms with E-state index in [-0.39, 0.29) is 5.91 Å². The van der Waals surface area contributed by atoms with Gasteiger partial charge in [0.2, 0.25) is 0 Å². The van der Waals surface area contributed by atoms with Crippen molar-refractivity contribution < 1.29 is 19.0 Å². The van der Waals surface area contributed by atoms with E-state index in [4.69, 9.17) is 25.8 Å². The van der Waals surface area contributed by atoms with E-state index in [1.807, 2.05) is 36.4 Å². The van der Waals surface area contributed by atoms with Gasteiger partial charge in [0.25, 0.3) is 11.7 Å². The number of halogens is 1. The van der Waals surface area contributed by atoms with Crippen LogP contribution >= 0.6 is 11.6 Å². The standard InChI is InChI=1S/C20H20ClNO4/c21-15-8-9-18-17(14-15)20(25-12-5-13-26-20)19(23)22(18)10-4-11-24-16-6-2-1-3-7-16/h1-3,6-9,14H,4-5,10-13H2. The van der Waals surface area contributed by atoms with Gasteiger partial charge in [-0.15, -0.1) is 0 Å². The number of carbonyl (C=O) groups excluding carboxylic acids is 1. The minimum Gasteiger partial charge on any atom is -0.494 e. The molecule has 1 saturated heterocycles. The number of fused-ring (bicyclic) bond motifs is 2. The molecule has 2 aliphatic rings. The Hall–Kier alpha value is -2.08. The van der Waals surface area contributed by atoms with Crippen LogP contribution in [0.5, 0.6) is 5.75 Å². The van der Waals surface area contributed by atoms with E-state index < -0.39 is 5.79 Å². The number of anilines is 1. The molecule has 136 valence electrons. The summed E-state index contributed by atoms with van der Waals surface area (Å²) in [5.74, 6) is -0.712. The van der Waals surface area contributed by atoms with Crippen LogP contribution in [0, 0.1) is 0 Å². The van der Waals surface area contributed by atoms with Crippen LogP contribution in [-0.2, 0) is 20.1 Å². The molecule has 0 aliphatic carbocycles. The van der Waals surface area contributed by atoms with Gasteiger partial charge in [0.15, 0.2) is 0 Å². The number of benzene rings is 2. The first-order valence-electron chi connectivity index (χ1n) is 8.78. The molecule has 2 aromatic carbocycles. The molecule has 0 radical (unpaired) electrons. The Bertz CT molecular complexity index is 790. The quantitative estimate of drug-likeness (QED) is 0.749. The fraction of sp³-hybridized carbons (Fsp3) is 0.350. The minimum absolute atomic E-state index is 0.186. The minimum atomic E-state index is -1.35. The molecule has 4 rings (SSSR count). The molecular weight excluding hydrogens is 354 g/mol. The predicted octanol–water partition coefficient (Wildman–Crippen LogP) is 3.75. The van der Waals surface area contributed by atoms with Crippen LogP contribution in [0.15, 0.2) is 48.5 Å². The van der Waals surface area contributed by atoms with E-state index in [1.54, 1.807) is 17.0 Å². The van der Waals surface area contributed by atoms with Crippen molar-refractivity contribution >= 4 is 23.2 Å². The van der Waals surface area contributed by atoms with Crippen LogP contribution in [0.1, 0.15) is 18.4 Å². The second kappa shape index (κ2) is 7.27. The van der Waals surface area contributed by atoms with Crippen LogP contribution in [-0.4, -0.2) is 32.3 Å². The van der Waals surface area contributed by atoms with Crippen LogP contribution in [0.4, 0.5) is 5.69 Å². The summed E-state index contributed by atoms with van der Waals surface area (Å²) in [6.07, 6.45) is 1.47. The third-order valence-electron chi connectivity index (χ3n) is 4.57. The van der Waals surface area contributed by atoms with Gasteiger partial charge in [-0.05, 0) is 43.2 Å². The Kier molecular flexibility index (Phi) is 4.85. The summed E-state index contributed by atoms with van der Waals surface area (Å²) in [5, 5.41) is 0.558. The summed E-state index contributed by atoms with van der Waals surface area (Å²) in [4.78, 5) is 14.8. The normalized spacial score (nSPS) is 18.2. The summed E-state index contributed by atoms with van der Waals surface area (Å²) < 4.78 is 17.4. The number of ether oxygens (including phenoxy) is 3. The Morgan fingerprint density at radius 1 is 1.12 bits per heavy atom. The first-order chi connectivity index (χ1) is 12.7. The fourth-order valence-corrected chi connectivity index (χ4v) is 3.54. The Morgan fingerprint density at radius 2 is 1.88 bits per heavy atom. The second-order valence-corrected chi connectivity index (χ2v) is 6.74. The van der Waals surface area contributed by atoms with Crippen molar-refractivity contribution in [1.82, 2.24) is 0 Å². The number of hydrogen-bond donors (Lipinski definition) is 0. The molecule has 0 aromatic heterocycles. The third-order valence-corrected chi connectivity index (χ3v) is 4.80. The van der Waals surface area contributed by atoms with E-state index in [2.05, 4.69) is 0 Å². The van der Waals surface area contributed by atoms with Crippen LogP contribution in [0.2, 0.25) is 5.02 Å². The summed E-state index contributed by atoms with van der Waals surface area (Å²) in [5.41, 5.74) is 1.49. The van der Waals surface area contributed by atoms with E-state index in [1.165, 1.54) is 0 Å². The maximum absolute atomic E-state index is 13.1. The molecule has 6 heteroatoms. The molecule has 2 aromatic rings. The highest BCUT2D eigenvalue weighted by atomic mass is 35.5. The van der Waals surface area contributed by atoms with Crippen molar-refractivity contribution in [2.24, 2.45) is 0 Å². The van der Waals surface area contributed by atoms with Gasteiger partial charge in [-0.1, -0.05) is 29.8 Å². The van der Waals surface area contributed by atoms with E-state index in [9.17, 15) is 4.79 Å². The largest absolute Gasteiger partial charge is 0.494 e. The number of nitrogens with zero attached hydrogens (tertiary/aromatic N) is 1. The molecule has 0 unspecified atom stereocenters. The van der Waals surface area contributed by atoms with Crippen LogP contribution in [0.3, 0.4) is 0 Å². The topological polar surface area (TPSA) is 48.0 Å². The number of amides is 1. The molecule has 0 saturated carbocycles. The van der Waals surface area contributed by atoms with Gasteiger partial charge in [-0.3, -0.25) is 4.79 Å². The zero-order valence-electron chi connectivity index (χ0n) is 14.3. The molecule has 26 heavy (non-hydrogen) atoms. The lowest BCUT2D eigenvalue weighted by molar-refractivity contribution is -0.256. The van der Waals surface area contributed by atoms with Crippen molar-refractivity contribution in [3.63, 3.8) is 0 Å². The lowest BCUT2D eigenvalue weighted by Gasteiger charge is -2.32. The Labute approximate surface area is 157 Å². The van der Waals surface area contributed by atoms with Gasteiger partial charge in [0.05, 0.1) is 25.5 Å². The monoisotopic (exact) mass is 373 g/mol. The maximum Gasteiger partial charge on any atom is 0.292 e. The summed E-state index contributed by atoms with van der Waals surface area (Å²) in [7, 11) is 0. The van der Waals surface area contributed by atoms with Crippen LogP contribution in [0.25, 0.3) is 0 Å². The zero-order chi connectivity index (χ0) is 18.0. The van der Waals surface area contributed by atoms with Gasteiger partial charge >= 0.3 is 0 Å². The highest BCUT2D eigenvalue weighted by molar-refractivity contribution is 6.31. The smallest absolute Gasteiger partial charge is 0.292 e. The maximum atomic E-state index is 13.1. The van der Waals surface area contributed by atoms with Gasteiger partial charge in [0, 0.05) is 17.1 Å². The van der Waals surface area contributed by atoms with Crippen molar-refractivity contribution in [2.45, 2.75) is 18.6 Å². The lowest BCUT2D eigenvalue weighted by Crippen LogP contribution is -2.47. The fourth-order valence-electron chi connectivity index (χ4n) is 3.37. The molecule has 0 N–H and O–H groups in total. The van der Waals surface area contributed by atoms with Gasteiger partial charge in [-0.25, -0.2) is 0 Å². The first-order valence-corrected chi connectivity index (χ1v) is 9.16. The van der Waals surface area contributed by atoms with Gasteiger partial charge in [-0.2, -0.15) is 0 Å². The summed E-state index contributed by atoms with van der Waals surface area (Å²) in [6, 6.07) is 15.0. The van der Waals surface area contributed by atoms with E-state index in [0.717, 1.165) is 17.9 Å². The highest BCUT2D eigenvalue weighted by Gasteiger charge is 2.54. The van der Waals surface area contributed by atoms with Gasteiger partial charge < -0.3 is 19.1 Å². The Balaban J connectivity index is 1.49. The van der Waals surface area contributed by atoms with Crippen molar-refractivity contribution in [3.05, 3.63) is 59.1 Å². The van der Waals surface area contributed by atoms with Crippen LogP contribution < -0.4 is 9.64 Å². The predicted molar refractivity (Wildman–Crippen MR) is 98.6 cm³/mol. The van der Waals surface area contributed by atoms with E-state index >= 15 is 0 Å². The zero-order valence-corrected chi connectivity index (χ0v) is 15.1. The number of para-hydroxylation sites is 1. The highest BCUT2D eigenvalue weighted by Crippen LogP contribution is 2.46. The molecule has 2 heterocycles. The number of rotatable bonds is 5. The molecule has 0 atom stereocenters. The molecule has 0 bridgehead atoms. The first kappa shape index (κ1) is 17.3. The second-order valence-electron chi connectivity index (χ2n) is 6.30. The third kappa shape index (κ3) is 3.07. The average molecular weight is 374 g/mol. The Morgan fingerprint density at radius 3 is 2.65 bits per heavy atom. The van der Waals surface area contributed by atoms with Crippen molar-refractivity contribution in [1.29, 1.82) is 0 Å². The number of hydrogen-bond acceptors (Lipinski definition) is 4. The summed E-state index contributed by atoms with van der Waals surface area (Å²) in [6.45, 7) is 2.02. The SMILES string of the molecule is O=C1N(CCCOc2ccccc2)c2ccc(Cl)cc2C12OCCCO2. The number of carbonyl (C=O) groups is 1. The molecule has 1 amide bonds.